The highest BCUT2D eigenvalue weighted by atomic mass is 28.3. The third kappa shape index (κ3) is 2.84. The average Bonchev–Trinajstić information content (AvgIpc) is 2.01. The topological polar surface area (TPSA) is 0 Å². The van der Waals surface area contributed by atoms with Crippen LogP contribution in [0, 0.1) is 5.41 Å². The van der Waals surface area contributed by atoms with Crippen LogP contribution < -0.4 is 0 Å². The lowest BCUT2D eigenvalue weighted by Crippen LogP contribution is -2.29. The van der Waals surface area contributed by atoms with Gasteiger partial charge in [-0.3, -0.25) is 0 Å². The maximum absolute atomic E-state index is 2.47. The van der Waals surface area contributed by atoms with Gasteiger partial charge in [-0.15, -0.1) is 0 Å². The summed E-state index contributed by atoms with van der Waals surface area (Å²) in [6, 6.07) is 0. The summed E-state index contributed by atoms with van der Waals surface area (Å²) < 4.78 is 0. The Morgan fingerprint density at radius 1 is 1.21 bits per heavy atom. The second kappa shape index (κ2) is 3.69. The van der Waals surface area contributed by atoms with Crippen molar-refractivity contribution in [2.75, 3.05) is 0 Å². The van der Waals surface area contributed by atoms with Gasteiger partial charge in [-0.1, -0.05) is 64.2 Å². The summed E-state index contributed by atoms with van der Waals surface area (Å²) in [5.41, 5.74) is 2.80. The van der Waals surface area contributed by atoms with Crippen LogP contribution in [0.3, 0.4) is 0 Å². The third-order valence-corrected chi connectivity index (χ3v) is 5.78. The molecule has 0 saturated heterocycles. The molecule has 0 aromatic rings. The summed E-state index contributed by atoms with van der Waals surface area (Å²) in [4.78, 5) is 0. The van der Waals surface area contributed by atoms with Gasteiger partial charge in [-0.05, 0) is 17.4 Å². The van der Waals surface area contributed by atoms with Gasteiger partial charge >= 0.3 is 0 Å². The normalized spacial score (nSPS) is 23.6. The van der Waals surface area contributed by atoms with Crippen molar-refractivity contribution in [3.8, 4) is 0 Å². The van der Waals surface area contributed by atoms with Gasteiger partial charge in [0.05, 0.1) is 8.07 Å². The Bertz CT molecular complexity index is 258. The van der Waals surface area contributed by atoms with Crippen LogP contribution in [0.1, 0.15) is 27.2 Å². The van der Waals surface area contributed by atoms with E-state index in [1.165, 1.54) is 6.42 Å². The molecule has 1 aliphatic rings. The zero-order valence-electron chi connectivity index (χ0n) is 10.5. The van der Waals surface area contributed by atoms with Crippen molar-refractivity contribution in [1.29, 1.82) is 0 Å². The third-order valence-electron chi connectivity index (χ3n) is 3.16. The molecular formula is C13H24Si. The first kappa shape index (κ1) is 11.8. The molecule has 0 aliphatic heterocycles. The molecule has 1 rings (SSSR count). The standard InChI is InChI=1S/C13H24Si/c1-13(2,3)11-8-7-9-12(10-11)14(4,5)6/h7-9,12H,10H2,1-6H3. The van der Waals surface area contributed by atoms with Crippen LogP contribution >= 0.6 is 0 Å². The van der Waals surface area contributed by atoms with E-state index in [0.717, 1.165) is 5.54 Å². The Labute approximate surface area is 90.1 Å². The SMILES string of the molecule is CC(C)(C)C1=CC=CC([Si](C)(C)C)C1. The quantitative estimate of drug-likeness (QED) is 0.551. The van der Waals surface area contributed by atoms with Crippen LogP contribution in [-0.2, 0) is 0 Å². The lowest BCUT2D eigenvalue weighted by molar-refractivity contribution is 0.480. The minimum atomic E-state index is -1.00. The summed E-state index contributed by atoms with van der Waals surface area (Å²) >= 11 is 0. The van der Waals surface area contributed by atoms with Gasteiger partial charge < -0.3 is 0 Å². The molecule has 0 saturated carbocycles. The van der Waals surface area contributed by atoms with Crippen molar-refractivity contribution in [2.24, 2.45) is 5.41 Å². The van der Waals surface area contributed by atoms with E-state index in [2.05, 4.69) is 58.6 Å². The molecule has 0 nitrogen and oxygen atoms in total. The molecule has 0 heterocycles. The van der Waals surface area contributed by atoms with Gasteiger partial charge in [0.15, 0.2) is 0 Å². The molecular weight excluding hydrogens is 184 g/mol. The summed E-state index contributed by atoms with van der Waals surface area (Å²) in [7, 11) is -1.00. The monoisotopic (exact) mass is 208 g/mol. The Morgan fingerprint density at radius 2 is 1.79 bits per heavy atom. The van der Waals surface area contributed by atoms with E-state index >= 15 is 0 Å². The van der Waals surface area contributed by atoms with Crippen molar-refractivity contribution >= 4 is 8.07 Å². The zero-order chi connectivity index (χ0) is 11.0. The predicted molar refractivity (Wildman–Crippen MR) is 68.4 cm³/mol. The molecule has 0 aromatic heterocycles. The fraction of sp³-hybridized carbons (Fsp3) is 0.692. The highest BCUT2D eigenvalue weighted by Crippen LogP contribution is 2.39. The Kier molecular flexibility index (Phi) is 3.10. The molecule has 1 heteroatoms. The maximum Gasteiger partial charge on any atom is 0.0517 e. The first-order valence-corrected chi connectivity index (χ1v) is 9.17. The van der Waals surface area contributed by atoms with E-state index in [1.54, 1.807) is 5.57 Å². The molecule has 14 heavy (non-hydrogen) atoms. The van der Waals surface area contributed by atoms with Crippen LogP contribution in [0.5, 0.6) is 0 Å². The summed E-state index contributed by atoms with van der Waals surface area (Å²) in [5.74, 6) is 0. The van der Waals surface area contributed by atoms with Crippen LogP contribution in [0.15, 0.2) is 23.8 Å². The van der Waals surface area contributed by atoms with Crippen LogP contribution in [0.25, 0.3) is 0 Å². The molecule has 0 radical (unpaired) electrons. The number of allylic oxidation sites excluding steroid dienone is 4. The minimum Gasteiger partial charge on any atom is -0.0838 e. The summed E-state index contributed by atoms with van der Waals surface area (Å²) in [6.45, 7) is 14.4. The number of hydrogen-bond acceptors (Lipinski definition) is 0. The smallest absolute Gasteiger partial charge is 0.0517 e. The van der Waals surface area contributed by atoms with Gasteiger partial charge in [-0.2, -0.15) is 0 Å². The van der Waals surface area contributed by atoms with Crippen molar-refractivity contribution in [3.05, 3.63) is 23.8 Å². The van der Waals surface area contributed by atoms with E-state index < -0.39 is 8.07 Å². The van der Waals surface area contributed by atoms with Crippen LogP contribution in [0.4, 0.5) is 0 Å². The van der Waals surface area contributed by atoms with Crippen molar-refractivity contribution in [3.63, 3.8) is 0 Å². The van der Waals surface area contributed by atoms with E-state index in [9.17, 15) is 0 Å². The maximum atomic E-state index is 2.47. The molecule has 1 aliphatic carbocycles. The van der Waals surface area contributed by atoms with Gasteiger partial charge in [0.25, 0.3) is 0 Å². The molecule has 0 bridgehead atoms. The minimum absolute atomic E-state index is 0.350. The first-order valence-electron chi connectivity index (χ1n) is 5.59. The molecule has 80 valence electrons. The highest BCUT2D eigenvalue weighted by Gasteiger charge is 2.29. The summed E-state index contributed by atoms with van der Waals surface area (Å²) in [5, 5.41) is 0. The molecule has 1 unspecified atom stereocenters. The van der Waals surface area contributed by atoms with Gasteiger partial charge in [0, 0.05) is 0 Å². The molecule has 0 amide bonds. The average molecular weight is 208 g/mol. The Hall–Kier alpha value is -0.303. The molecule has 0 fully saturated rings. The fourth-order valence-corrected chi connectivity index (χ4v) is 3.35. The van der Waals surface area contributed by atoms with Crippen LogP contribution in [-0.4, -0.2) is 8.07 Å². The number of rotatable bonds is 1. The molecule has 1 atom stereocenters. The highest BCUT2D eigenvalue weighted by molar-refractivity contribution is 6.78. The van der Waals surface area contributed by atoms with E-state index in [1.807, 2.05) is 0 Å². The molecule has 0 spiro atoms. The zero-order valence-corrected chi connectivity index (χ0v) is 11.5. The summed E-state index contributed by atoms with van der Waals surface area (Å²) in [6.07, 6.45) is 8.29. The first-order chi connectivity index (χ1) is 6.21. The van der Waals surface area contributed by atoms with Gasteiger partial charge in [-0.25, -0.2) is 0 Å². The number of hydrogen-bond donors (Lipinski definition) is 0. The predicted octanol–water partition coefficient (Wildman–Crippen LogP) is 4.63. The second-order valence-electron chi connectivity index (χ2n) is 6.50. The Morgan fingerprint density at radius 3 is 2.21 bits per heavy atom. The van der Waals surface area contributed by atoms with Gasteiger partial charge in [0.2, 0.25) is 0 Å². The largest absolute Gasteiger partial charge is 0.0838 e. The fourth-order valence-electron chi connectivity index (χ4n) is 1.83. The van der Waals surface area contributed by atoms with Gasteiger partial charge in [0.1, 0.15) is 0 Å². The van der Waals surface area contributed by atoms with Crippen molar-refractivity contribution < 1.29 is 0 Å². The van der Waals surface area contributed by atoms with Crippen LogP contribution in [0.2, 0.25) is 25.2 Å². The van der Waals surface area contributed by atoms with Crippen molar-refractivity contribution in [2.45, 2.75) is 52.4 Å². The Balaban J connectivity index is 2.80. The lowest BCUT2D eigenvalue weighted by Gasteiger charge is -2.33. The van der Waals surface area contributed by atoms with Crippen molar-refractivity contribution in [1.82, 2.24) is 0 Å². The van der Waals surface area contributed by atoms with E-state index in [0.29, 0.717) is 5.41 Å². The lowest BCUT2D eigenvalue weighted by atomic mass is 9.82. The second-order valence-corrected chi connectivity index (χ2v) is 12.0. The molecule has 0 N–H and O–H groups in total. The van der Waals surface area contributed by atoms with E-state index in [-0.39, 0.29) is 0 Å². The molecule has 0 aromatic carbocycles. The van der Waals surface area contributed by atoms with E-state index in [4.69, 9.17) is 0 Å².